The Balaban J connectivity index is 0.000000325. The van der Waals surface area contributed by atoms with Crippen LogP contribution in [-0.2, 0) is 4.89 Å². The third-order valence-corrected chi connectivity index (χ3v) is 1.57. The molecular weight excluding hydrogens is 204 g/mol. The topological polar surface area (TPSA) is 46.5 Å². The standard InChI is InChI=1S/C7H6O3.C6H10/c8-7(10-9)6-4-2-1-3-5-6;1-3-5-6-4-2/h1-5,9H;3-4H2,1-2H3. The quantitative estimate of drug-likeness (QED) is 0.449. The molecule has 3 nitrogen and oxygen atoms in total. The molecule has 0 radical (unpaired) electrons. The van der Waals surface area contributed by atoms with Gasteiger partial charge in [0.15, 0.2) is 0 Å². The van der Waals surface area contributed by atoms with Gasteiger partial charge in [-0.15, -0.1) is 11.8 Å². The fraction of sp³-hybridized carbons (Fsp3) is 0.308. The Kier molecular flexibility index (Phi) is 8.66. The zero-order valence-electron chi connectivity index (χ0n) is 9.56. The van der Waals surface area contributed by atoms with E-state index in [9.17, 15) is 4.79 Å². The summed E-state index contributed by atoms with van der Waals surface area (Å²) in [6, 6.07) is 8.25. The number of hydrogen-bond donors (Lipinski definition) is 1. The van der Waals surface area contributed by atoms with Gasteiger partial charge < -0.3 is 0 Å². The normalized spacial score (nSPS) is 7.94. The average Bonchev–Trinajstić information content (AvgIpc) is 2.37. The van der Waals surface area contributed by atoms with Crippen molar-refractivity contribution in [2.24, 2.45) is 0 Å². The molecule has 0 saturated carbocycles. The fourth-order valence-corrected chi connectivity index (χ4v) is 0.877. The molecule has 3 heteroatoms. The van der Waals surface area contributed by atoms with E-state index < -0.39 is 5.97 Å². The minimum atomic E-state index is -0.736. The number of benzene rings is 1. The first-order chi connectivity index (χ1) is 7.76. The Morgan fingerprint density at radius 2 is 1.69 bits per heavy atom. The third kappa shape index (κ3) is 6.63. The lowest BCUT2D eigenvalue weighted by Crippen LogP contribution is -2.00. The van der Waals surface area contributed by atoms with Gasteiger partial charge in [-0.1, -0.05) is 32.0 Å². The van der Waals surface area contributed by atoms with Crippen LogP contribution >= 0.6 is 0 Å². The molecule has 86 valence electrons. The van der Waals surface area contributed by atoms with Gasteiger partial charge in [-0.25, -0.2) is 4.79 Å². The Morgan fingerprint density at radius 1 is 1.19 bits per heavy atom. The second kappa shape index (κ2) is 9.75. The highest BCUT2D eigenvalue weighted by Crippen LogP contribution is 1.98. The van der Waals surface area contributed by atoms with Crippen molar-refractivity contribution in [2.75, 3.05) is 0 Å². The van der Waals surface area contributed by atoms with E-state index in [2.05, 4.69) is 30.6 Å². The first-order valence-corrected chi connectivity index (χ1v) is 5.12. The van der Waals surface area contributed by atoms with E-state index in [1.807, 2.05) is 0 Å². The molecule has 1 rings (SSSR count). The molecule has 0 saturated heterocycles. The van der Waals surface area contributed by atoms with Crippen LogP contribution < -0.4 is 0 Å². The van der Waals surface area contributed by atoms with Gasteiger partial charge in [-0.3, -0.25) is 4.89 Å². The molecule has 1 N–H and O–H groups in total. The lowest BCUT2D eigenvalue weighted by molar-refractivity contribution is -0.182. The fourth-order valence-electron chi connectivity index (χ4n) is 0.877. The lowest BCUT2D eigenvalue weighted by atomic mass is 10.2. The molecule has 0 atom stereocenters. The molecule has 1 aromatic carbocycles. The zero-order valence-corrected chi connectivity index (χ0v) is 9.56. The van der Waals surface area contributed by atoms with Gasteiger partial charge in [-0.2, -0.15) is 5.26 Å². The molecule has 0 aromatic heterocycles. The van der Waals surface area contributed by atoms with Crippen LogP contribution in [0.15, 0.2) is 30.3 Å². The van der Waals surface area contributed by atoms with Crippen molar-refractivity contribution in [2.45, 2.75) is 26.7 Å². The molecule has 0 spiro atoms. The monoisotopic (exact) mass is 220 g/mol. The van der Waals surface area contributed by atoms with Crippen molar-refractivity contribution in [1.29, 1.82) is 0 Å². The predicted molar refractivity (Wildman–Crippen MR) is 62.8 cm³/mol. The summed E-state index contributed by atoms with van der Waals surface area (Å²) in [4.78, 5) is 14.0. The van der Waals surface area contributed by atoms with E-state index >= 15 is 0 Å². The molecule has 0 fully saturated rings. The number of hydrogen-bond acceptors (Lipinski definition) is 3. The Bertz CT molecular complexity index is 338. The minimum Gasteiger partial charge on any atom is -0.296 e. The van der Waals surface area contributed by atoms with Crippen LogP contribution in [-0.4, -0.2) is 11.2 Å². The summed E-state index contributed by atoms with van der Waals surface area (Å²) in [6.45, 7) is 4.12. The molecule has 0 aliphatic heterocycles. The summed E-state index contributed by atoms with van der Waals surface area (Å²) in [5, 5.41) is 7.94. The second-order valence-corrected chi connectivity index (χ2v) is 2.81. The molecular formula is C13H16O3. The van der Waals surface area contributed by atoms with E-state index in [1.54, 1.807) is 30.3 Å². The van der Waals surface area contributed by atoms with E-state index in [0.29, 0.717) is 5.56 Å². The van der Waals surface area contributed by atoms with Crippen molar-refractivity contribution in [3.63, 3.8) is 0 Å². The predicted octanol–water partition coefficient (Wildman–Crippen LogP) is 3.13. The summed E-state index contributed by atoms with van der Waals surface area (Å²) in [7, 11) is 0. The molecule has 0 amide bonds. The van der Waals surface area contributed by atoms with Gasteiger partial charge >= 0.3 is 5.97 Å². The summed E-state index contributed by atoms with van der Waals surface area (Å²) >= 11 is 0. The molecule has 0 heterocycles. The van der Waals surface area contributed by atoms with Gasteiger partial charge in [0.05, 0.1) is 5.56 Å². The Morgan fingerprint density at radius 3 is 2.06 bits per heavy atom. The number of carbonyl (C=O) groups excluding carboxylic acids is 1. The van der Waals surface area contributed by atoms with Crippen LogP contribution in [0.2, 0.25) is 0 Å². The molecule has 1 aromatic rings. The first kappa shape index (κ1) is 14.2. The maximum atomic E-state index is 10.5. The van der Waals surface area contributed by atoms with E-state index in [1.165, 1.54) is 0 Å². The van der Waals surface area contributed by atoms with Crippen molar-refractivity contribution in [3.8, 4) is 11.8 Å². The highest BCUT2D eigenvalue weighted by molar-refractivity contribution is 5.88. The number of carbonyl (C=O) groups is 1. The van der Waals surface area contributed by atoms with Gasteiger partial charge in [0.25, 0.3) is 0 Å². The maximum Gasteiger partial charge on any atom is 0.372 e. The summed E-state index contributed by atoms with van der Waals surface area (Å²) < 4.78 is 0. The van der Waals surface area contributed by atoms with Crippen LogP contribution in [0.3, 0.4) is 0 Å². The van der Waals surface area contributed by atoms with Crippen LogP contribution in [0, 0.1) is 11.8 Å². The lowest BCUT2D eigenvalue weighted by Gasteiger charge is -1.92. The minimum absolute atomic E-state index is 0.338. The van der Waals surface area contributed by atoms with Gasteiger partial charge in [-0.05, 0) is 12.1 Å². The molecule has 0 aliphatic carbocycles. The van der Waals surface area contributed by atoms with Crippen LogP contribution in [0.1, 0.15) is 37.0 Å². The van der Waals surface area contributed by atoms with Crippen molar-refractivity contribution >= 4 is 5.97 Å². The number of rotatable bonds is 1. The third-order valence-electron chi connectivity index (χ3n) is 1.57. The Labute approximate surface area is 96.0 Å². The molecule has 0 bridgehead atoms. The zero-order chi connectivity index (χ0) is 12.2. The highest BCUT2D eigenvalue weighted by Gasteiger charge is 2.02. The van der Waals surface area contributed by atoms with Crippen LogP contribution in [0.4, 0.5) is 0 Å². The molecule has 0 aliphatic rings. The van der Waals surface area contributed by atoms with Gasteiger partial charge in [0, 0.05) is 12.8 Å². The van der Waals surface area contributed by atoms with Crippen LogP contribution in [0.25, 0.3) is 0 Å². The van der Waals surface area contributed by atoms with E-state index in [4.69, 9.17) is 5.26 Å². The first-order valence-electron chi connectivity index (χ1n) is 5.12. The highest BCUT2D eigenvalue weighted by atomic mass is 17.1. The Hall–Kier alpha value is -1.79. The second-order valence-electron chi connectivity index (χ2n) is 2.81. The van der Waals surface area contributed by atoms with E-state index in [0.717, 1.165) is 12.8 Å². The SMILES string of the molecule is CCC#CCC.O=C(OO)c1ccccc1. The average molecular weight is 220 g/mol. The van der Waals surface area contributed by atoms with Crippen molar-refractivity contribution in [3.05, 3.63) is 35.9 Å². The summed E-state index contributed by atoms with van der Waals surface area (Å²) in [5.41, 5.74) is 0.338. The largest absolute Gasteiger partial charge is 0.372 e. The maximum absolute atomic E-state index is 10.5. The summed E-state index contributed by atoms with van der Waals surface area (Å²) in [5.74, 6) is 5.16. The van der Waals surface area contributed by atoms with E-state index in [-0.39, 0.29) is 0 Å². The molecule has 16 heavy (non-hydrogen) atoms. The smallest absolute Gasteiger partial charge is 0.296 e. The van der Waals surface area contributed by atoms with Gasteiger partial charge in [0.1, 0.15) is 0 Å². The van der Waals surface area contributed by atoms with Crippen molar-refractivity contribution in [1.82, 2.24) is 0 Å². The summed E-state index contributed by atoms with van der Waals surface area (Å²) in [6.07, 6.45) is 1.99. The molecule has 0 unspecified atom stereocenters. The van der Waals surface area contributed by atoms with Crippen molar-refractivity contribution < 1.29 is 14.9 Å². The van der Waals surface area contributed by atoms with Crippen LogP contribution in [0.5, 0.6) is 0 Å². The van der Waals surface area contributed by atoms with Gasteiger partial charge in [0.2, 0.25) is 0 Å².